The number of nitrogens with zero attached hydrogens (tertiary/aromatic N) is 1. The van der Waals surface area contributed by atoms with E-state index in [0.29, 0.717) is 41.8 Å². The molecule has 2 fully saturated rings. The summed E-state index contributed by atoms with van der Waals surface area (Å²) in [6.07, 6.45) is 3.54. The van der Waals surface area contributed by atoms with Crippen LogP contribution in [0.3, 0.4) is 0 Å². The number of rotatable bonds is 10. The van der Waals surface area contributed by atoms with Gasteiger partial charge in [-0.2, -0.15) is 8.42 Å². The molecule has 172 valence electrons. The van der Waals surface area contributed by atoms with E-state index in [2.05, 4.69) is 16.3 Å². The molecule has 4 rings (SSSR count). The van der Waals surface area contributed by atoms with E-state index < -0.39 is 16.2 Å². The average molecular weight is 462 g/mol. The van der Waals surface area contributed by atoms with E-state index in [1.165, 1.54) is 25.5 Å². The van der Waals surface area contributed by atoms with Crippen molar-refractivity contribution in [3.63, 3.8) is 0 Å². The fraction of sp³-hybridized carbons (Fsp3) is 0.435. The first-order chi connectivity index (χ1) is 15.3. The van der Waals surface area contributed by atoms with E-state index in [4.69, 9.17) is 14.2 Å². The fourth-order valence-electron chi connectivity index (χ4n) is 3.70. The lowest BCUT2D eigenvalue weighted by molar-refractivity contribution is -0.122. The van der Waals surface area contributed by atoms with E-state index in [9.17, 15) is 13.2 Å². The largest absolute Gasteiger partial charge is 0.493 e. The molecule has 1 atom stereocenters. The summed E-state index contributed by atoms with van der Waals surface area (Å²) in [7, 11) is -2.01. The van der Waals surface area contributed by atoms with E-state index >= 15 is 0 Å². The highest BCUT2D eigenvalue weighted by Crippen LogP contribution is 2.40. The molecule has 2 aromatic carbocycles. The lowest BCUT2D eigenvalue weighted by Crippen LogP contribution is -2.32. The Morgan fingerprint density at radius 1 is 1.00 bits per heavy atom. The number of hydrogen-bond donors (Lipinski definition) is 0. The molecule has 9 heteroatoms. The molecule has 0 spiro atoms. The molecule has 0 N–H and O–H groups in total. The standard InChI is InChI=1S/C23H27NO7S/c1-28-22-15-18(7-10-20(22)29-13-14-30-32(2,26)27)24-12-11-21(23(24)25)31-19-8-5-17(6-9-19)16-3-4-16/h5-10,15-16,21H,3-4,11-14H2,1-2H3. The molecule has 1 aliphatic carbocycles. The van der Waals surface area contributed by atoms with Crippen molar-refractivity contribution in [3.05, 3.63) is 48.0 Å². The summed E-state index contributed by atoms with van der Waals surface area (Å²) in [5, 5.41) is 0. The van der Waals surface area contributed by atoms with Gasteiger partial charge in [0.2, 0.25) is 0 Å². The first-order valence-corrected chi connectivity index (χ1v) is 12.4. The zero-order chi connectivity index (χ0) is 22.7. The number of hydrogen-bond acceptors (Lipinski definition) is 7. The van der Waals surface area contributed by atoms with Crippen molar-refractivity contribution in [2.75, 3.05) is 38.0 Å². The summed E-state index contributed by atoms with van der Waals surface area (Å²) in [4.78, 5) is 14.6. The molecule has 1 saturated heterocycles. The van der Waals surface area contributed by atoms with Gasteiger partial charge in [0.1, 0.15) is 19.0 Å². The quantitative estimate of drug-likeness (QED) is 0.397. The Hall–Kier alpha value is -2.78. The minimum atomic E-state index is -3.52. The second kappa shape index (κ2) is 9.38. The zero-order valence-corrected chi connectivity index (χ0v) is 19.0. The summed E-state index contributed by atoms with van der Waals surface area (Å²) < 4.78 is 43.6. The van der Waals surface area contributed by atoms with Gasteiger partial charge in [-0.3, -0.25) is 8.98 Å². The molecule has 1 amide bonds. The van der Waals surface area contributed by atoms with Crippen LogP contribution in [0.15, 0.2) is 42.5 Å². The summed E-state index contributed by atoms with van der Waals surface area (Å²) >= 11 is 0. The molecule has 2 aliphatic rings. The Morgan fingerprint density at radius 2 is 1.75 bits per heavy atom. The van der Waals surface area contributed by atoms with Crippen molar-refractivity contribution < 1.29 is 31.6 Å². The highest BCUT2D eigenvalue weighted by Gasteiger charge is 2.35. The maximum absolute atomic E-state index is 12.9. The molecule has 32 heavy (non-hydrogen) atoms. The topological polar surface area (TPSA) is 91.4 Å². The molecule has 1 heterocycles. The van der Waals surface area contributed by atoms with E-state index in [0.717, 1.165) is 6.26 Å². The Morgan fingerprint density at radius 3 is 2.41 bits per heavy atom. The van der Waals surface area contributed by atoms with Crippen LogP contribution in [-0.4, -0.2) is 53.6 Å². The van der Waals surface area contributed by atoms with E-state index in [1.54, 1.807) is 23.1 Å². The molecular formula is C23H27NO7S. The van der Waals surface area contributed by atoms with Crippen LogP contribution in [0.5, 0.6) is 17.2 Å². The van der Waals surface area contributed by atoms with E-state index in [-0.39, 0.29) is 19.1 Å². The monoisotopic (exact) mass is 461 g/mol. The number of amides is 1. The molecule has 1 unspecified atom stereocenters. The smallest absolute Gasteiger partial charge is 0.268 e. The second-order valence-corrected chi connectivity index (χ2v) is 9.58. The van der Waals surface area contributed by atoms with Gasteiger partial charge in [-0.25, -0.2) is 0 Å². The van der Waals surface area contributed by atoms with Crippen LogP contribution in [0.25, 0.3) is 0 Å². The van der Waals surface area contributed by atoms with Gasteiger partial charge >= 0.3 is 0 Å². The summed E-state index contributed by atoms with van der Waals surface area (Å²) in [6.45, 7) is 0.477. The molecule has 2 aromatic rings. The molecule has 1 aliphatic heterocycles. The third-order valence-electron chi connectivity index (χ3n) is 5.46. The highest BCUT2D eigenvalue weighted by molar-refractivity contribution is 7.85. The van der Waals surface area contributed by atoms with Crippen molar-refractivity contribution in [1.82, 2.24) is 0 Å². The number of anilines is 1. The fourth-order valence-corrected chi connectivity index (χ4v) is 4.07. The molecule has 0 radical (unpaired) electrons. The Labute approximate surface area is 188 Å². The van der Waals surface area contributed by atoms with Crippen LogP contribution < -0.4 is 19.1 Å². The third-order valence-corrected chi connectivity index (χ3v) is 6.06. The van der Waals surface area contributed by atoms with Crippen molar-refractivity contribution in [2.24, 2.45) is 0 Å². The summed E-state index contributed by atoms with van der Waals surface area (Å²) in [5.74, 6) is 2.15. The molecule has 0 aromatic heterocycles. The maximum Gasteiger partial charge on any atom is 0.268 e. The predicted molar refractivity (Wildman–Crippen MR) is 119 cm³/mol. The summed E-state index contributed by atoms with van der Waals surface area (Å²) in [5.41, 5.74) is 2.01. The number of benzene rings is 2. The predicted octanol–water partition coefficient (Wildman–Crippen LogP) is 3.11. The van der Waals surface area contributed by atoms with Gasteiger partial charge in [0.05, 0.1) is 13.4 Å². The number of carbonyl (C=O) groups is 1. The Kier molecular flexibility index (Phi) is 6.57. The van der Waals surface area contributed by atoms with Crippen molar-refractivity contribution >= 4 is 21.7 Å². The lowest BCUT2D eigenvalue weighted by Gasteiger charge is -2.19. The third kappa shape index (κ3) is 5.52. The normalized spacial score (nSPS) is 18.6. The van der Waals surface area contributed by atoms with Gasteiger partial charge in [0, 0.05) is 24.7 Å². The van der Waals surface area contributed by atoms with Gasteiger partial charge < -0.3 is 19.1 Å². The molecular weight excluding hydrogens is 434 g/mol. The molecule has 1 saturated carbocycles. The van der Waals surface area contributed by atoms with Crippen LogP contribution in [0.1, 0.15) is 30.7 Å². The average Bonchev–Trinajstić information content (AvgIpc) is 3.56. The summed E-state index contributed by atoms with van der Waals surface area (Å²) in [6, 6.07) is 13.2. The van der Waals surface area contributed by atoms with Crippen molar-refractivity contribution in [2.45, 2.75) is 31.3 Å². The van der Waals surface area contributed by atoms with Crippen LogP contribution in [0, 0.1) is 0 Å². The minimum absolute atomic E-state index is 0.0425. The van der Waals surface area contributed by atoms with Crippen LogP contribution >= 0.6 is 0 Å². The first kappa shape index (κ1) is 22.4. The highest BCUT2D eigenvalue weighted by atomic mass is 32.2. The zero-order valence-electron chi connectivity index (χ0n) is 18.2. The maximum atomic E-state index is 12.9. The molecule has 0 bridgehead atoms. The van der Waals surface area contributed by atoms with Crippen molar-refractivity contribution in [1.29, 1.82) is 0 Å². The minimum Gasteiger partial charge on any atom is -0.493 e. The molecule has 8 nitrogen and oxygen atoms in total. The first-order valence-electron chi connectivity index (χ1n) is 10.6. The van der Waals surface area contributed by atoms with Crippen LogP contribution in [0.4, 0.5) is 5.69 Å². The van der Waals surface area contributed by atoms with Crippen molar-refractivity contribution in [3.8, 4) is 17.2 Å². The second-order valence-electron chi connectivity index (χ2n) is 7.94. The lowest BCUT2D eigenvalue weighted by atomic mass is 10.1. The Balaban J connectivity index is 1.37. The van der Waals surface area contributed by atoms with Gasteiger partial charge in [-0.05, 0) is 48.6 Å². The number of carbonyl (C=O) groups excluding carboxylic acids is 1. The number of methoxy groups -OCH3 is 1. The van der Waals surface area contributed by atoms with Crippen LogP contribution in [-0.2, 0) is 19.1 Å². The Bertz CT molecular complexity index is 1060. The SMILES string of the molecule is COc1cc(N2CCC(Oc3ccc(C4CC4)cc3)C2=O)ccc1OCCOS(C)(=O)=O. The van der Waals surface area contributed by atoms with Gasteiger partial charge in [0.15, 0.2) is 17.6 Å². The van der Waals surface area contributed by atoms with Gasteiger partial charge in [0.25, 0.3) is 16.0 Å². The number of ether oxygens (including phenoxy) is 3. The van der Waals surface area contributed by atoms with Crippen LogP contribution in [0.2, 0.25) is 0 Å². The van der Waals surface area contributed by atoms with Gasteiger partial charge in [-0.15, -0.1) is 0 Å². The van der Waals surface area contributed by atoms with E-state index in [1.807, 2.05) is 12.1 Å². The van der Waals surface area contributed by atoms with Gasteiger partial charge in [-0.1, -0.05) is 12.1 Å².